The maximum absolute atomic E-state index is 4.59. The number of aromatic nitrogens is 3. The SMILES string of the molecule is Cc1c(-c2ccccc2)n(-c2ccc(NC3CCC3)cc2)c2ncncc12. The van der Waals surface area contributed by atoms with Crippen LogP contribution in [0.2, 0.25) is 0 Å². The van der Waals surface area contributed by atoms with Crippen molar-refractivity contribution in [3.05, 3.63) is 72.7 Å². The van der Waals surface area contributed by atoms with Gasteiger partial charge in [0.15, 0.2) is 0 Å². The van der Waals surface area contributed by atoms with Crippen LogP contribution in [0.5, 0.6) is 0 Å². The summed E-state index contributed by atoms with van der Waals surface area (Å²) >= 11 is 0. The highest BCUT2D eigenvalue weighted by Crippen LogP contribution is 2.35. The molecule has 0 spiro atoms. The molecule has 4 nitrogen and oxygen atoms in total. The van der Waals surface area contributed by atoms with Crippen LogP contribution in [0.4, 0.5) is 5.69 Å². The normalized spacial score (nSPS) is 14.3. The van der Waals surface area contributed by atoms with Gasteiger partial charge in [0.25, 0.3) is 0 Å². The average Bonchev–Trinajstić information content (AvgIpc) is 2.99. The van der Waals surface area contributed by atoms with E-state index >= 15 is 0 Å². The van der Waals surface area contributed by atoms with E-state index in [2.05, 4.69) is 75.3 Å². The predicted octanol–water partition coefficient (Wildman–Crippen LogP) is 5.36. The van der Waals surface area contributed by atoms with Crippen LogP contribution in [-0.2, 0) is 0 Å². The number of benzene rings is 2. The molecular weight excluding hydrogens is 332 g/mol. The Hall–Kier alpha value is -3.14. The van der Waals surface area contributed by atoms with E-state index in [4.69, 9.17) is 0 Å². The number of anilines is 1. The molecule has 0 bridgehead atoms. The molecule has 4 heteroatoms. The van der Waals surface area contributed by atoms with Gasteiger partial charge in [-0.25, -0.2) is 9.97 Å². The molecule has 134 valence electrons. The van der Waals surface area contributed by atoms with Gasteiger partial charge in [-0.2, -0.15) is 0 Å². The first-order chi connectivity index (χ1) is 13.3. The quantitative estimate of drug-likeness (QED) is 0.536. The van der Waals surface area contributed by atoms with E-state index in [1.807, 2.05) is 12.3 Å². The standard InChI is InChI=1S/C23H22N4/c1-16-21-14-24-15-25-23(21)27(22(16)17-6-3-2-4-7-17)20-12-10-19(11-13-20)26-18-8-5-9-18/h2-4,6-7,10-15,18,26H,5,8-9H2,1H3. The Kier molecular flexibility index (Phi) is 3.89. The Balaban J connectivity index is 1.65. The molecule has 2 aromatic heterocycles. The summed E-state index contributed by atoms with van der Waals surface area (Å²) in [5, 5.41) is 4.70. The summed E-state index contributed by atoms with van der Waals surface area (Å²) in [6.07, 6.45) is 7.42. The van der Waals surface area contributed by atoms with Crippen LogP contribution in [0.15, 0.2) is 67.1 Å². The summed E-state index contributed by atoms with van der Waals surface area (Å²) in [6.45, 7) is 2.15. The number of hydrogen-bond acceptors (Lipinski definition) is 3. The van der Waals surface area contributed by atoms with Gasteiger partial charge in [-0.1, -0.05) is 30.3 Å². The molecule has 0 aliphatic heterocycles. The molecule has 0 amide bonds. The van der Waals surface area contributed by atoms with Gasteiger partial charge in [0.1, 0.15) is 12.0 Å². The first kappa shape index (κ1) is 16.1. The number of fused-ring (bicyclic) bond motifs is 1. The van der Waals surface area contributed by atoms with E-state index in [-0.39, 0.29) is 0 Å². The minimum atomic E-state index is 0.637. The van der Waals surface area contributed by atoms with Gasteiger partial charge in [0.2, 0.25) is 0 Å². The predicted molar refractivity (Wildman–Crippen MR) is 110 cm³/mol. The Morgan fingerprint density at radius 3 is 2.48 bits per heavy atom. The topological polar surface area (TPSA) is 42.7 Å². The van der Waals surface area contributed by atoms with Gasteiger partial charge < -0.3 is 5.32 Å². The summed E-state index contributed by atoms with van der Waals surface area (Å²) in [7, 11) is 0. The van der Waals surface area contributed by atoms with Crippen LogP contribution in [0.3, 0.4) is 0 Å². The fourth-order valence-electron chi connectivity index (χ4n) is 3.86. The van der Waals surface area contributed by atoms with E-state index in [0.717, 1.165) is 16.7 Å². The van der Waals surface area contributed by atoms with Crippen molar-refractivity contribution in [1.82, 2.24) is 14.5 Å². The molecule has 1 aliphatic carbocycles. The summed E-state index contributed by atoms with van der Waals surface area (Å²) in [5.41, 5.74) is 6.81. The van der Waals surface area contributed by atoms with Crippen LogP contribution in [0.25, 0.3) is 28.0 Å². The van der Waals surface area contributed by atoms with E-state index in [1.54, 1.807) is 6.33 Å². The lowest BCUT2D eigenvalue weighted by atomic mass is 9.93. The Bertz CT molecular complexity index is 1080. The van der Waals surface area contributed by atoms with Crippen molar-refractivity contribution in [3.63, 3.8) is 0 Å². The molecule has 1 aliphatic rings. The molecule has 0 radical (unpaired) electrons. The lowest BCUT2D eigenvalue weighted by Gasteiger charge is -2.27. The third-order valence-electron chi connectivity index (χ3n) is 5.53. The zero-order valence-corrected chi connectivity index (χ0v) is 15.4. The molecule has 0 atom stereocenters. The van der Waals surface area contributed by atoms with Gasteiger partial charge in [0, 0.05) is 29.0 Å². The molecule has 4 aromatic rings. The molecule has 2 heterocycles. The molecule has 1 saturated carbocycles. The Morgan fingerprint density at radius 1 is 1.00 bits per heavy atom. The number of aryl methyl sites for hydroxylation is 1. The number of nitrogens with zero attached hydrogens (tertiary/aromatic N) is 3. The zero-order valence-electron chi connectivity index (χ0n) is 15.4. The number of nitrogens with one attached hydrogen (secondary N) is 1. The second-order valence-electron chi connectivity index (χ2n) is 7.25. The Morgan fingerprint density at radius 2 is 1.78 bits per heavy atom. The highest BCUT2D eigenvalue weighted by atomic mass is 15.1. The average molecular weight is 354 g/mol. The lowest BCUT2D eigenvalue weighted by molar-refractivity contribution is 0.445. The molecule has 5 rings (SSSR count). The van der Waals surface area contributed by atoms with Crippen LogP contribution in [0, 0.1) is 6.92 Å². The molecule has 0 unspecified atom stereocenters. The van der Waals surface area contributed by atoms with E-state index in [9.17, 15) is 0 Å². The third kappa shape index (κ3) is 2.78. The van der Waals surface area contributed by atoms with Gasteiger partial charge in [-0.3, -0.25) is 4.57 Å². The molecule has 27 heavy (non-hydrogen) atoms. The van der Waals surface area contributed by atoms with Crippen molar-refractivity contribution in [2.24, 2.45) is 0 Å². The summed E-state index contributed by atoms with van der Waals surface area (Å²) in [5.74, 6) is 0. The number of hydrogen-bond donors (Lipinski definition) is 1. The molecular formula is C23H22N4. The van der Waals surface area contributed by atoms with Crippen LogP contribution >= 0.6 is 0 Å². The van der Waals surface area contributed by atoms with Crippen LogP contribution < -0.4 is 5.32 Å². The van der Waals surface area contributed by atoms with Crippen molar-refractivity contribution in [3.8, 4) is 16.9 Å². The van der Waals surface area contributed by atoms with Crippen molar-refractivity contribution in [2.45, 2.75) is 32.2 Å². The van der Waals surface area contributed by atoms with Gasteiger partial charge in [0.05, 0.1) is 5.69 Å². The van der Waals surface area contributed by atoms with Crippen molar-refractivity contribution >= 4 is 16.7 Å². The van der Waals surface area contributed by atoms with E-state index in [0.29, 0.717) is 6.04 Å². The van der Waals surface area contributed by atoms with Crippen LogP contribution in [0.1, 0.15) is 24.8 Å². The molecule has 0 saturated heterocycles. The summed E-state index contributed by atoms with van der Waals surface area (Å²) in [6, 6.07) is 19.8. The minimum absolute atomic E-state index is 0.637. The number of rotatable bonds is 4. The monoisotopic (exact) mass is 354 g/mol. The Labute approximate surface area is 158 Å². The molecule has 1 N–H and O–H groups in total. The summed E-state index contributed by atoms with van der Waals surface area (Å²) < 4.78 is 2.24. The lowest BCUT2D eigenvalue weighted by Crippen LogP contribution is -2.26. The highest BCUT2D eigenvalue weighted by molar-refractivity contribution is 5.90. The maximum Gasteiger partial charge on any atom is 0.148 e. The largest absolute Gasteiger partial charge is 0.382 e. The second-order valence-corrected chi connectivity index (χ2v) is 7.25. The minimum Gasteiger partial charge on any atom is -0.382 e. The molecule has 2 aromatic carbocycles. The van der Waals surface area contributed by atoms with Crippen LogP contribution in [-0.4, -0.2) is 20.6 Å². The first-order valence-corrected chi connectivity index (χ1v) is 9.54. The molecule has 1 fully saturated rings. The van der Waals surface area contributed by atoms with Crippen molar-refractivity contribution in [2.75, 3.05) is 5.32 Å². The smallest absolute Gasteiger partial charge is 0.148 e. The first-order valence-electron chi connectivity index (χ1n) is 9.54. The van der Waals surface area contributed by atoms with Gasteiger partial charge >= 0.3 is 0 Å². The fourth-order valence-corrected chi connectivity index (χ4v) is 3.86. The van der Waals surface area contributed by atoms with E-state index < -0.39 is 0 Å². The van der Waals surface area contributed by atoms with Crippen molar-refractivity contribution < 1.29 is 0 Å². The maximum atomic E-state index is 4.59. The fraction of sp³-hybridized carbons (Fsp3) is 0.217. The van der Waals surface area contributed by atoms with Gasteiger partial charge in [-0.05, 0) is 61.6 Å². The second kappa shape index (κ2) is 6.54. The zero-order chi connectivity index (χ0) is 18.2. The summed E-state index contributed by atoms with van der Waals surface area (Å²) in [4.78, 5) is 8.84. The van der Waals surface area contributed by atoms with Crippen molar-refractivity contribution in [1.29, 1.82) is 0 Å². The van der Waals surface area contributed by atoms with Gasteiger partial charge in [-0.15, -0.1) is 0 Å². The highest BCUT2D eigenvalue weighted by Gasteiger charge is 2.19. The van der Waals surface area contributed by atoms with E-state index in [1.165, 1.54) is 41.8 Å². The third-order valence-corrected chi connectivity index (χ3v) is 5.53.